The van der Waals surface area contributed by atoms with Gasteiger partial charge >= 0.3 is 0 Å². The summed E-state index contributed by atoms with van der Waals surface area (Å²) in [6.45, 7) is 3.32. The molecule has 94 valence electrons. The average Bonchev–Trinajstić information content (AvgIpc) is 2.32. The van der Waals surface area contributed by atoms with Crippen molar-refractivity contribution in [1.82, 2.24) is 5.32 Å². The summed E-state index contributed by atoms with van der Waals surface area (Å²) in [6.07, 6.45) is 0. The first kappa shape index (κ1) is 13.7. The Morgan fingerprint density at radius 3 is 2.71 bits per heavy atom. The highest BCUT2D eigenvalue weighted by Crippen LogP contribution is 2.20. The number of thiocarbonyl (C=S) groups is 1. The van der Waals surface area contributed by atoms with Gasteiger partial charge in [0.15, 0.2) is 5.11 Å². The number of ether oxygens (including phenoxy) is 2. The van der Waals surface area contributed by atoms with Crippen LogP contribution in [0.4, 0.5) is 5.69 Å². The van der Waals surface area contributed by atoms with E-state index in [0.29, 0.717) is 18.3 Å². The quantitative estimate of drug-likeness (QED) is 0.621. The van der Waals surface area contributed by atoms with Crippen LogP contribution in [0.2, 0.25) is 0 Å². The third-order valence-corrected chi connectivity index (χ3v) is 2.52. The zero-order chi connectivity index (χ0) is 12.7. The van der Waals surface area contributed by atoms with Gasteiger partial charge in [-0.3, -0.25) is 0 Å². The monoisotopic (exact) mass is 254 g/mol. The molecule has 1 aromatic carbocycles. The molecule has 0 aliphatic heterocycles. The third-order valence-electron chi connectivity index (χ3n) is 2.27. The van der Waals surface area contributed by atoms with Crippen LogP contribution in [0, 0.1) is 6.92 Å². The molecule has 0 aliphatic carbocycles. The van der Waals surface area contributed by atoms with Crippen molar-refractivity contribution in [2.45, 2.75) is 6.92 Å². The zero-order valence-corrected chi connectivity index (χ0v) is 11.2. The Hall–Kier alpha value is -1.33. The Morgan fingerprint density at radius 2 is 2.12 bits per heavy atom. The van der Waals surface area contributed by atoms with Crippen molar-refractivity contribution in [2.24, 2.45) is 0 Å². The molecule has 5 heteroatoms. The van der Waals surface area contributed by atoms with Crippen molar-refractivity contribution in [2.75, 3.05) is 32.7 Å². The fourth-order valence-corrected chi connectivity index (χ4v) is 1.55. The van der Waals surface area contributed by atoms with Gasteiger partial charge in [0.05, 0.1) is 13.7 Å². The average molecular weight is 254 g/mol. The fraction of sp³-hybridized carbons (Fsp3) is 0.417. The maximum atomic E-state index is 5.16. The van der Waals surface area contributed by atoms with Crippen LogP contribution in [0.25, 0.3) is 0 Å². The summed E-state index contributed by atoms with van der Waals surface area (Å²) in [4.78, 5) is 0. The van der Waals surface area contributed by atoms with Crippen molar-refractivity contribution in [1.29, 1.82) is 0 Å². The lowest BCUT2D eigenvalue weighted by atomic mass is 10.2. The maximum absolute atomic E-state index is 5.16. The van der Waals surface area contributed by atoms with Crippen molar-refractivity contribution >= 4 is 23.0 Å². The van der Waals surface area contributed by atoms with Gasteiger partial charge < -0.3 is 20.1 Å². The topological polar surface area (TPSA) is 42.5 Å². The standard InChI is InChI=1S/C12H18N2O2S/c1-9-8-10(16-3)4-5-11(9)14-12(17)13-6-7-15-2/h4-5,8H,6-7H2,1-3H3,(H2,13,14,17). The Bertz CT molecular complexity index is 383. The Labute approximate surface area is 107 Å². The highest BCUT2D eigenvalue weighted by Gasteiger charge is 2.02. The summed E-state index contributed by atoms with van der Waals surface area (Å²) >= 11 is 5.16. The zero-order valence-electron chi connectivity index (χ0n) is 10.4. The van der Waals surface area contributed by atoms with Crippen LogP contribution in [0.5, 0.6) is 5.75 Å². The van der Waals surface area contributed by atoms with E-state index in [-0.39, 0.29) is 0 Å². The predicted octanol–water partition coefficient (Wildman–Crippen LogP) is 1.94. The normalized spacial score (nSPS) is 9.82. The summed E-state index contributed by atoms with van der Waals surface area (Å²) in [7, 11) is 3.31. The molecule has 0 saturated heterocycles. The molecule has 1 aromatic rings. The number of aryl methyl sites for hydroxylation is 1. The van der Waals surface area contributed by atoms with Crippen LogP contribution in [0.1, 0.15) is 5.56 Å². The maximum Gasteiger partial charge on any atom is 0.170 e. The van der Waals surface area contributed by atoms with E-state index in [2.05, 4.69) is 10.6 Å². The number of nitrogens with one attached hydrogen (secondary N) is 2. The molecule has 0 fully saturated rings. The molecule has 1 rings (SSSR count). The summed E-state index contributed by atoms with van der Waals surface area (Å²) < 4.78 is 10.1. The van der Waals surface area contributed by atoms with Gasteiger partial charge in [-0.2, -0.15) is 0 Å². The predicted molar refractivity (Wildman–Crippen MR) is 73.8 cm³/mol. The van der Waals surface area contributed by atoms with E-state index in [0.717, 1.165) is 17.0 Å². The largest absolute Gasteiger partial charge is 0.497 e. The van der Waals surface area contributed by atoms with Crippen LogP contribution in [-0.4, -0.2) is 32.5 Å². The van der Waals surface area contributed by atoms with Gasteiger partial charge in [-0.15, -0.1) is 0 Å². The molecule has 0 spiro atoms. The highest BCUT2D eigenvalue weighted by molar-refractivity contribution is 7.80. The molecule has 2 N–H and O–H groups in total. The van der Waals surface area contributed by atoms with E-state index in [4.69, 9.17) is 21.7 Å². The molecule has 0 atom stereocenters. The van der Waals surface area contributed by atoms with Crippen LogP contribution in [-0.2, 0) is 4.74 Å². The molecular weight excluding hydrogens is 236 g/mol. The number of hydrogen-bond donors (Lipinski definition) is 2. The molecule has 0 aliphatic rings. The first-order chi connectivity index (χ1) is 8.17. The van der Waals surface area contributed by atoms with Crippen LogP contribution >= 0.6 is 12.2 Å². The number of hydrogen-bond acceptors (Lipinski definition) is 3. The summed E-state index contributed by atoms with van der Waals surface area (Å²) in [5.74, 6) is 0.839. The van der Waals surface area contributed by atoms with Gasteiger partial charge in [-0.1, -0.05) is 0 Å². The van der Waals surface area contributed by atoms with E-state index in [1.165, 1.54) is 0 Å². The SMILES string of the molecule is COCCNC(=S)Nc1ccc(OC)cc1C. The second kappa shape index (κ2) is 7.09. The summed E-state index contributed by atoms with van der Waals surface area (Å²) in [6, 6.07) is 5.80. The van der Waals surface area contributed by atoms with Crippen molar-refractivity contribution in [3.05, 3.63) is 23.8 Å². The van der Waals surface area contributed by atoms with E-state index < -0.39 is 0 Å². The molecule has 0 unspecified atom stereocenters. The van der Waals surface area contributed by atoms with Gasteiger partial charge in [0, 0.05) is 19.3 Å². The van der Waals surface area contributed by atoms with Crippen molar-refractivity contribution in [3.63, 3.8) is 0 Å². The third kappa shape index (κ3) is 4.58. The molecule has 0 aromatic heterocycles. The lowest BCUT2D eigenvalue weighted by Gasteiger charge is -2.13. The van der Waals surface area contributed by atoms with Gasteiger partial charge in [0.1, 0.15) is 5.75 Å². The van der Waals surface area contributed by atoms with Crippen LogP contribution < -0.4 is 15.4 Å². The number of anilines is 1. The van der Waals surface area contributed by atoms with Gasteiger partial charge in [-0.25, -0.2) is 0 Å². The van der Waals surface area contributed by atoms with Gasteiger partial charge in [-0.05, 0) is 42.9 Å². The molecule has 0 bridgehead atoms. The van der Waals surface area contributed by atoms with Crippen molar-refractivity contribution < 1.29 is 9.47 Å². The van der Waals surface area contributed by atoms with E-state index in [1.807, 2.05) is 25.1 Å². The number of benzene rings is 1. The smallest absolute Gasteiger partial charge is 0.170 e. The molecule has 4 nitrogen and oxygen atoms in total. The summed E-state index contributed by atoms with van der Waals surface area (Å²) in [5, 5.41) is 6.77. The minimum absolute atomic E-state index is 0.593. The Morgan fingerprint density at radius 1 is 1.35 bits per heavy atom. The second-order valence-corrected chi connectivity index (χ2v) is 3.96. The first-order valence-corrected chi connectivity index (χ1v) is 5.76. The molecular formula is C12H18N2O2S. The van der Waals surface area contributed by atoms with Crippen LogP contribution in [0.3, 0.4) is 0 Å². The fourth-order valence-electron chi connectivity index (χ4n) is 1.34. The lowest BCUT2D eigenvalue weighted by Crippen LogP contribution is -2.31. The Balaban J connectivity index is 2.53. The molecule has 17 heavy (non-hydrogen) atoms. The van der Waals surface area contributed by atoms with Gasteiger partial charge in [0.2, 0.25) is 0 Å². The number of rotatable bonds is 5. The highest BCUT2D eigenvalue weighted by atomic mass is 32.1. The molecule has 0 radical (unpaired) electrons. The van der Waals surface area contributed by atoms with Crippen molar-refractivity contribution in [3.8, 4) is 5.75 Å². The summed E-state index contributed by atoms with van der Waals surface area (Å²) in [5.41, 5.74) is 2.06. The van der Waals surface area contributed by atoms with E-state index in [9.17, 15) is 0 Å². The molecule has 0 saturated carbocycles. The van der Waals surface area contributed by atoms with Crippen LogP contribution in [0.15, 0.2) is 18.2 Å². The Kier molecular flexibility index (Phi) is 5.72. The van der Waals surface area contributed by atoms with E-state index in [1.54, 1.807) is 14.2 Å². The second-order valence-electron chi connectivity index (χ2n) is 3.55. The molecule has 0 amide bonds. The number of methoxy groups -OCH3 is 2. The first-order valence-electron chi connectivity index (χ1n) is 5.36. The minimum atomic E-state index is 0.593. The minimum Gasteiger partial charge on any atom is -0.497 e. The molecule has 0 heterocycles. The van der Waals surface area contributed by atoms with E-state index >= 15 is 0 Å². The van der Waals surface area contributed by atoms with Gasteiger partial charge in [0.25, 0.3) is 0 Å². The lowest BCUT2D eigenvalue weighted by molar-refractivity contribution is 0.204.